The molecule has 0 bridgehead atoms. The number of carbonyl (C=O) groups is 3. The van der Waals surface area contributed by atoms with Crippen molar-refractivity contribution in [2.75, 3.05) is 19.7 Å². The largest absolute Gasteiger partial charge is 0.459 e. The van der Waals surface area contributed by atoms with Crippen molar-refractivity contribution in [3.63, 3.8) is 0 Å². The lowest BCUT2D eigenvalue weighted by Gasteiger charge is -2.41. The molecule has 1 fully saturated rings. The molecule has 1 saturated heterocycles. The van der Waals surface area contributed by atoms with Crippen molar-refractivity contribution in [2.24, 2.45) is 0 Å². The molecule has 0 aromatic carbocycles. The van der Waals surface area contributed by atoms with Crippen molar-refractivity contribution in [1.29, 1.82) is 0 Å². The number of rotatable bonds is 8. The lowest BCUT2D eigenvalue weighted by Crippen LogP contribution is -2.64. The highest BCUT2D eigenvalue weighted by Gasteiger charge is 2.57. The zero-order chi connectivity index (χ0) is 23.6. The summed E-state index contributed by atoms with van der Waals surface area (Å²) in [5.74, 6) is -2.20. The Bertz CT molecular complexity index is 784. The first kappa shape index (κ1) is 25.0. The van der Waals surface area contributed by atoms with E-state index < -0.39 is 29.2 Å². The fraction of sp³-hybridized carbons (Fsp3) is 0.682. The molecule has 9 nitrogen and oxygen atoms in total. The molecule has 0 aliphatic carbocycles. The topological polar surface area (TPSA) is 123 Å². The maximum atomic E-state index is 12.8. The van der Waals surface area contributed by atoms with Gasteiger partial charge in [-0.1, -0.05) is 12.2 Å². The molecule has 4 atom stereocenters. The van der Waals surface area contributed by atoms with Gasteiger partial charge in [-0.15, -0.1) is 0 Å². The molecule has 2 aliphatic heterocycles. The van der Waals surface area contributed by atoms with Gasteiger partial charge in [0, 0.05) is 25.6 Å². The molecule has 2 N–H and O–H groups in total. The van der Waals surface area contributed by atoms with Gasteiger partial charge in [-0.05, 0) is 46.6 Å². The standard InChI is InChI=1S/C22H33NO8/c1-7-13(2)19(26)30-17-9-11-23-10-8-16(18(17)23)12-29-20(27)22(28,14(3)24)21(5,6)31-15(4)25/h7-8,14,17-18,24,28H,9-12H2,1-6H3/b13-7-/t14-,17-,18+,22-/m0/s1. The van der Waals surface area contributed by atoms with Crippen LogP contribution in [0.3, 0.4) is 0 Å². The second kappa shape index (κ2) is 9.50. The van der Waals surface area contributed by atoms with Crippen LogP contribution in [0.25, 0.3) is 0 Å². The molecular weight excluding hydrogens is 406 g/mol. The Labute approximate surface area is 182 Å². The fourth-order valence-electron chi connectivity index (χ4n) is 4.09. The van der Waals surface area contributed by atoms with Gasteiger partial charge in [0.2, 0.25) is 5.60 Å². The Morgan fingerprint density at radius 3 is 2.52 bits per heavy atom. The van der Waals surface area contributed by atoms with Gasteiger partial charge < -0.3 is 24.4 Å². The van der Waals surface area contributed by atoms with Crippen molar-refractivity contribution >= 4 is 17.9 Å². The number of nitrogens with zero attached hydrogens (tertiary/aromatic N) is 1. The van der Waals surface area contributed by atoms with Gasteiger partial charge in [-0.2, -0.15) is 0 Å². The minimum Gasteiger partial charge on any atom is -0.459 e. The highest BCUT2D eigenvalue weighted by Crippen LogP contribution is 2.34. The molecule has 174 valence electrons. The predicted molar refractivity (Wildman–Crippen MR) is 111 cm³/mol. The van der Waals surface area contributed by atoms with Crippen molar-refractivity contribution in [3.05, 3.63) is 23.3 Å². The second-order valence-electron chi connectivity index (χ2n) is 8.55. The van der Waals surface area contributed by atoms with Crippen LogP contribution in [-0.4, -0.2) is 82.2 Å². The minimum absolute atomic E-state index is 0.151. The Morgan fingerprint density at radius 1 is 1.32 bits per heavy atom. The molecule has 0 unspecified atom stereocenters. The number of aliphatic hydroxyl groups is 2. The van der Waals surface area contributed by atoms with Gasteiger partial charge in [0.1, 0.15) is 18.3 Å². The van der Waals surface area contributed by atoms with E-state index in [2.05, 4.69) is 4.90 Å². The van der Waals surface area contributed by atoms with E-state index in [1.165, 1.54) is 20.8 Å². The van der Waals surface area contributed by atoms with Crippen LogP contribution in [0.15, 0.2) is 23.3 Å². The van der Waals surface area contributed by atoms with E-state index in [1.54, 1.807) is 19.9 Å². The second-order valence-corrected chi connectivity index (χ2v) is 8.55. The lowest BCUT2D eigenvalue weighted by atomic mass is 9.81. The quantitative estimate of drug-likeness (QED) is 0.245. The minimum atomic E-state index is -2.47. The molecule has 9 heteroatoms. The molecule has 31 heavy (non-hydrogen) atoms. The first-order chi connectivity index (χ1) is 14.3. The average Bonchev–Trinajstić information content (AvgIpc) is 3.26. The first-order valence-electron chi connectivity index (χ1n) is 10.4. The van der Waals surface area contributed by atoms with Crippen LogP contribution in [-0.2, 0) is 28.6 Å². The Kier molecular flexibility index (Phi) is 7.67. The number of hydrogen-bond acceptors (Lipinski definition) is 9. The van der Waals surface area contributed by atoms with Crippen molar-refractivity contribution in [1.82, 2.24) is 4.90 Å². The molecule has 0 aromatic rings. The van der Waals surface area contributed by atoms with E-state index in [-0.39, 0.29) is 24.7 Å². The van der Waals surface area contributed by atoms with Gasteiger partial charge in [0.05, 0.1) is 12.1 Å². The van der Waals surface area contributed by atoms with Crippen LogP contribution >= 0.6 is 0 Å². The third-order valence-corrected chi connectivity index (χ3v) is 6.03. The molecular formula is C22H33NO8. The van der Waals surface area contributed by atoms with E-state index in [9.17, 15) is 24.6 Å². The van der Waals surface area contributed by atoms with Crippen LogP contribution in [0.4, 0.5) is 0 Å². The van der Waals surface area contributed by atoms with Crippen LogP contribution in [0, 0.1) is 0 Å². The van der Waals surface area contributed by atoms with Crippen molar-refractivity contribution < 1.29 is 38.8 Å². The number of aliphatic hydroxyl groups excluding tert-OH is 1. The van der Waals surface area contributed by atoms with E-state index in [0.29, 0.717) is 18.5 Å². The van der Waals surface area contributed by atoms with E-state index >= 15 is 0 Å². The third-order valence-electron chi connectivity index (χ3n) is 6.03. The van der Waals surface area contributed by atoms with Crippen molar-refractivity contribution in [2.45, 2.75) is 77.4 Å². The van der Waals surface area contributed by atoms with Gasteiger partial charge >= 0.3 is 17.9 Å². The highest BCUT2D eigenvalue weighted by atomic mass is 16.6. The van der Waals surface area contributed by atoms with Crippen molar-refractivity contribution in [3.8, 4) is 0 Å². The zero-order valence-electron chi connectivity index (χ0n) is 19.0. The number of fused-ring (bicyclic) bond motifs is 1. The maximum Gasteiger partial charge on any atom is 0.345 e. The number of carbonyl (C=O) groups excluding carboxylic acids is 3. The normalized spacial score (nSPS) is 24.6. The van der Waals surface area contributed by atoms with Crippen LogP contribution < -0.4 is 0 Å². The SMILES string of the molecule is C/C=C(/C)C(=O)O[C@H]1CCN2CC=C(COC(=O)[C@@](O)([C@H](C)O)C(C)(C)OC(C)=O)[C@H]12. The predicted octanol–water partition coefficient (Wildman–Crippen LogP) is 0.876. The van der Waals surface area contributed by atoms with E-state index in [4.69, 9.17) is 14.2 Å². The summed E-state index contributed by atoms with van der Waals surface area (Å²) >= 11 is 0. The molecule has 2 heterocycles. The van der Waals surface area contributed by atoms with E-state index in [0.717, 1.165) is 19.0 Å². The molecule has 0 saturated carbocycles. The number of esters is 3. The summed E-state index contributed by atoms with van der Waals surface area (Å²) in [7, 11) is 0. The molecule has 2 rings (SSSR count). The zero-order valence-corrected chi connectivity index (χ0v) is 19.0. The number of allylic oxidation sites excluding steroid dienone is 1. The average molecular weight is 440 g/mol. The number of ether oxygens (including phenoxy) is 3. The smallest absolute Gasteiger partial charge is 0.345 e. The summed E-state index contributed by atoms with van der Waals surface area (Å²) in [5.41, 5.74) is -2.93. The Balaban J connectivity index is 2.11. The van der Waals surface area contributed by atoms with E-state index in [1.807, 2.05) is 6.08 Å². The molecule has 0 radical (unpaired) electrons. The summed E-state index contributed by atoms with van der Waals surface area (Å²) in [6.07, 6.45) is 2.31. The van der Waals surface area contributed by atoms with Crippen LogP contribution in [0.2, 0.25) is 0 Å². The monoisotopic (exact) mass is 439 g/mol. The van der Waals surface area contributed by atoms with Gasteiger partial charge in [0.25, 0.3) is 0 Å². The Morgan fingerprint density at radius 2 is 1.97 bits per heavy atom. The first-order valence-corrected chi connectivity index (χ1v) is 10.4. The van der Waals surface area contributed by atoms with Crippen LogP contribution in [0.5, 0.6) is 0 Å². The molecule has 2 aliphatic rings. The fourth-order valence-corrected chi connectivity index (χ4v) is 4.09. The summed E-state index contributed by atoms with van der Waals surface area (Å²) in [4.78, 5) is 38.5. The van der Waals surface area contributed by atoms with Crippen LogP contribution in [0.1, 0.15) is 48.0 Å². The van der Waals surface area contributed by atoms with Gasteiger partial charge in [0.15, 0.2) is 0 Å². The third kappa shape index (κ3) is 4.99. The molecule has 0 amide bonds. The summed E-state index contributed by atoms with van der Waals surface area (Å²) in [5, 5.41) is 21.1. The van der Waals surface area contributed by atoms with Gasteiger partial charge in [-0.25, -0.2) is 9.59 Å². The summed E-state index contributed by atoms with van der Waals surface area (Å²) in [6, 6.07) is -0.220. The highest BCUT2D eigenvalue weighted by molar-refractivity contribution is 5.87. The summed E-state index contributed by atoms with van der Waals surface area (Å²) < 4.78 is 16.1. The maximum absolute atomic E-state index is 12.8. The lowest BCUT2D eigenvalue weighted by molar-refractivity contribution is -0.223. The van der Waals surface area contributed by atoms with Gasteiger partial charge in [-0.3, -0.25) is 9.69 Å². The number of hydrogen-bond donors (Lipinski definition) is 2. The summed E-state index contributed by atoms with van der Waals surface area (Å²) in [6.45, 7) is 9.69. The molecule has 0 spiro atoms. The Hall–Kier alpha value is -2.23. The molecule has 0 aromatic heterocycles.